The van der Waals surface area contributed by atoms with Crippen molar-refractivity contribution < 1.29 is 14.3 Å². The first-order valence-electron chi connectivity index (χ1n) is 7.67. The number of methoxy groups -OCH3 is 2. The molecular weight excluding hydrogens is 280 g/mol. The minimum Gasteiger partial charge on any atom is -0.493 e. The lowest BCUT2D eigenvalue weighted by atomic mass is 9.98. The molecule has 0 aromatic heterocycles. The highest BCUT2D eigenvalue weighted by molar-refractivity contribution is 5.77. The quantitative estimate of drug-likeness (QED) is 0.801. The van der Waals surface area contributed by atoms with E-state index in [0.29, 0.717) is 12.5 Å². The number of rotatable bonds is 6. The number of benzene rings is 1. The molecule has 0 saturated carbocycles. The number of likely N-dealkylation sites (tertiary alicyclic amines) is 1. The Balaban J connectivity index is 1.91. The second-order valence-corrected chi connectivity index (χ2v) is 6.07. The lowest BCUT2D eigenvalue weighted by molar-refractivity contribution is -0.129. The molecule has 0 aliphatic carbocycles. The molecule has 5 heteroatoms. The van der Waals surface area contributed by atoms with E-state index in [-0.39, 0.29) is 5.91 Å². The lowest BCUT2D eigenvalue weighted by Gasteiger charge is -2.18. The summed E-state index contributed by atoms with van der Waals surface area (Å²) >= 11 is 0. The maximum absolute atomic E-state index is 11.8. The van der Waals surface area contributed by atoms with Crippen molar-refractivity contribution in [3.63, 3.8) is 0 Å². The average Bonchev–Trinajstić information content (AvgIpc) is 2.94. The summed E-state index contributed by atoms with van der Waals surface area (Å²) in [6, 6.07) is 6.10. The summed E-state index contributed by atoms with van der Waals surface area (Å²) in [5.41, 5.74) is 1.25. The predicted octanol–water partition coefficient (Wildman–Crippen LogP) is 1.66. The molecule has 0 spiro atoms. The summed E-state index contributed by atoms with van der Waals surface area (Å²) in [5, 5.41) is 0. The van der Waals surface area contributed by atoms with Gasteiger partial charge in [-0.05, 0) is 43.0 Å². The van der Waals surface area contributed by atoms with Gasteiger partial charge in [-0.25, -0.2) is 0 Å². The molecule has 1 aromatic rings. The zero-order valence-electron chi connectivity index (χ0n) is 14.0. The predicted molar refractivity (Wildman–Crippen MR) is 86.5 cm³/mol. The number of carbonyl (C=O) groups excluding carboxylic acids is 1. The van der Waals surface area contributed by atoms with Crippen LogP contribution in [0.2, 0.25) is 0 Å². The maximum Gasteiger partial charge on any atom is 0.236 e. The third-order valence-electron chi connectivity index (χ3n) is 4.20. The number of ether oxygens (including phenoxy) is 2. The van der Waals surface area contributed by atoms with Crippen molar-refractivity contribution in [3.05, 3.63) is 23.8 Å². The van der Waals surface area contributed by atoms with Crippen LogP contribution >= 0.6 is 0 Å². The van der Waals surface area contributed by atoms with Crippen LogP contribution in [0.5, 0.6) is 11.5 Å². The summed E-state index contributed by atoms with van der Waals surface area (Å²) in [6.07, 6.45) is 2.14. The van der Waals surface area contributed by atoms with Crippen LogP contribution in [0.4, 0.5) is 0 Å². The number of amides is 1. The Hall–Kier alpha value is -1.75. The normalized spacial score (nSPS) is 18.3. The zero-order valence-corrected chi connectivity index (χ0v) is 14.0. The molecule has 1 fully saturated rings. The van der Waals surface area contributed by atoms with Crippen molar-refractivity contribution in [3.8, 4) is 11.5 Å². The van der Waals surface area contributed by atoms with Crippen LogP contribution in [-0.2, 0) is 11.2 Å². The summed E-state index contributed by atoms with van der Waals surface area (Å²) in [5.74, 6) is 2.30. The topological polar surface area (TPSA) is 42.0 Å². The molecule has 2 rings (SSSR count). The van der Waals surface area contributed by atoms with Gasteiger partial charge in [-0.3, -0.25) is 9.69 Å². The van der Waals surface area contributed by atoms with E-state index in [1.54, 1.807) is 33.2 Å². The molecule has 1 aliphatic heterocycles. The van der Waals surface area contributed by atoms with E-state index in [0.717, 1.165) is 37.4 Å². The van der Waals surface area contributed by atoms with Gasteiger partial charge in [0.2, 0.25) is 5.91 Å². The highest BCUT2D eigenvalue weighted by Crippen LogP contribution is 2.29. The standard InChI is InChI=1S/C17H26N2O3/c1-18(2)17(20)12-19-8-7-14(11-19)9-13-5-6-15(21-3)16(10-13)22-4/h5-6,10,14H,7-9,11-12H2,1-4H3. The number of likely N-dealkylation sites (N-methyl/N-ethyl adjacent to an activating group) is 1. The van der Waals surface area contributed by atoms with Crippen molar-refractivity contribution in [2.45, 2.75) is 12.8 Å². The van der Waals surface area contributed by atoms with Gasteiger partial charge in [0.15, 0.2) is 11.5 Å². The lowest BCUT2D eigenvalue weighted by Crippen LogP contribution is -2.35. The molecule has 122 valence electrons. The van der Waals surface area contributed by atoms with Gasteiger partial charge in [-0.2, -0.15) is 0 Å². The molecule has 0 N–H and O–H groups in total. The largest absolute Gasteiger partial charge is 0.493 e. The van der Waals surface area contributed by atoms with Gasteiger partial charge >= 0.3 is 0 Å². The van der Waals surface area contributed by atoms with Crippen molar-refractivity contribution in [1.82, 2.24) is 9.80 Å². The van der Waals surface area contributed by atoms with Gasteiger partial charge in [0, 0.05) is 20.6 Å². The third-order valence-corrected chi connectivity index (χ3v) is 4.20. The van der Waals surface area contributed by atoms with E-state index in [4.69, 9.17) is 9.47 Å². The van der Waals surface area contributed by atoms with E-state index >= 15 is 0 Å². The fourth-order valence-electron chi connectivity index (χ4n) is 2.90. The first-order valence-corrected chi connectivity index (χ1v) is 7.67. The summed E-state index contributed by atoms with van der Waals surface area (Å²) in [6.45, 7) is 2.50. The monoisotopic (exact) mass is 306 g/mol. The Morgan fingerprint density at radius 3 is 2.64 bits per heavy atom. The van der Waals surface area contributed by atoms with Crippen LogP contribution in [0.25, 0.3) is 0 Å². The van der Waals surface area contributed by atoms with Crippen molar-refractivity contribution in [2.75, 3.05) is 47.9 Å². The molecule has 1 aromatic carbocycles. The number of nitrogens with zero attached hydrogens (tertiary/aromatic N) is 2. The van der Waals surface area contributed by atoms with Crippen LogP contribution in [0.3, 0.4) is 0 Å². The summed E-state index contributed by atoms with van der Waals surface area (Å²) < 4.78 is 10.6. The molecule has 1 atom stereocenters. The molecule has 22 heavy (non-hydrogen) atoms. The van der Waals surface area contributed by atoms with E-state index in [1.807, 2.05) is 12.1 Å². The average molecular weight is 306 g/mol. The molecule has 0 radical (unpaired) electrons. The smallest absolute Gasteiger partial charge is 0.236 e. The van der Waals surface area contributed by atoms with Gasteiger partial charge in [-0.15, -0.1) is 0 Å². The van der Waals surface area contributed by atoms with E-state index < -0.39 is 0 Å². The van der Waals surface area contributed by atoms with Crippen molar-refractivity contribution >= 4 is 5.91 Å². The van der Waals surface area contributed by atoms with Crippen LogP contribution in [0, 0.1) is 5.92 Å². The highest BCUT2D eigenvalue weighted by atomic mass is 16.5. The zero-order chi connectivity index (χ0) is 16.1. The summed E-state index contributed by atoms with van der Waals surface area (Å²) in [7, 11) is 6.92. The Bertz CT molecular complexity index is 517. The molecule has 1 saturated heterocycles. The van der Waals surface area contributed by atoms with Gasteiger partial charge in [-0.1, -0.05) is 6.07 Å². The van der Waals surface area contributed by atoms with Gasteiger partial charge in [0.05, 0.1) is 20.8 Å². The maximum atomic E-state index is 11.8. The van der Waals surface area contributed by atoms with E-state index in [1.165, 1.54) is 5.56 Å². The van der Waals surface area contributed by atoms with Crippen LogP contribution in [0.1, 0.15) is 12.0 Å². The number of hydrogen-bond acceptors (Lipinski definition) is 4. The summed E-state index contributed by atoms with van der Waals surface area (Å²) in [4.78, 5) is 15.7. The Labute approximate surface area is 132 Å². The SMILES string of the molecule is COc1ccc(CC2CCN(CC(=O)N(C)C)C2)cc1OC. The molecule has 1 aliphatic rings. The number of carbonyl (C=O) groups is 1. The van der Waals surface area contributed by atoms with Crippen LogP contribution in [0.15, 0.2) is 18.2 Å². The first-order chi connectivity index (χ1) is 10.5. The fraction of sp³-hybridized carbons (Fsp3) is 0.588. The molecule has 5 nitrogen and oxygen atoms in total. The number of hydrogen-bond donors (Lipinski definition) is 0. The van der Waals surface area contributed by atoms with E-state index in [9.17, 15) is 4.79 Å². The third kappa shape index (κ3) is 4.13. The Morgan fingerprint density at radius 2 is 2.00 bits per heavy atom. The Kier molecular flexibility index (Phi) is 5.66. The fourth-order valence-corrected chi connectivity index (χ4v) is 2.90. The van der Waals surface area contributed by atoms with E-state index in [2.05, 4.69) is 11.0 Å². The molecule has 1 heterocycles. The minimum atomic E-state index is 0.173. The van der Waals surface area contributed by atoms with Gasteiger partial charge in [0.1, 0.15) is 0 Å². The highest BCUT2D eigenvalue weighted by Gasteiger charge is 2.24. The van der Waals surface area contributed by atoms with Crippen molar-refractivity contribution in [1.29, 1.82) is 0 Å². The first kappa shape index (κ1) is 16.6. The molecule has 0 bridgehead atoms. The van der Waals surface area contributed by atoms with Crippen LogP contribution in [-0.4, -0.2) is 63.7 Å². The second-order valence-electron chi connectivity index (χ2n) is 6.07. The molecule has 1 amide bonds. The minimum absolute atomic E-state index is 0.173. The van der Waals surface area contributed by atoms with Gasteiger partial charge in [0.25, 0.3) is 0 Å². The second kappa shape index (κ2) is 7.49. The Morgan fingerprint density at radius 1 is 1.27 bits per heavy atom. The molecule has 1 unspecified atom stereocenters. The van der Waals surface area contributed by atoms with Crippen molar-refractivity contribution in [2.24, 2.45) is 5.92 Å². The molecular formula is C17H26N2O3. The van der Waals surface area contributed by atoms with Gasteiger partial charge < -0.3 is 14.4 Å². The van der Waals surface area contributed by atoms with Crippen LogP contribution < -0.4 is 9.47 Å².